The number of cyclic esters (lactones) is 1. The molecule has 2 fully saturated rings. The SMILES string of the molecule is CC(=O)NCC1CN(c2ccc(C3CCCONC3)c(F)c2)C(=O)O1. The number of ether oxygens (including phenoxy) is 1. The Bertz CT molecular complexity index is 647. The lowest BCUT2D eigenvalue weighted by molar-refractivity contribution is -0.119. The fourth-order valence-corrected chi connectivity index (χ4v) is 3.11. The van der Waals surface area contributed by atoms with Gasteiger partial charge in [0.2, 0.25) is 5.91 Å². The number of amides is 2. The Labute approximate surface area is 145 Å². The number of hydrogen-bond donors (Lipinski definition) is 2. The second-order valence-electron chi connectivity index (χ2n) is 6.30. The average Bonchev–Trinajstić information content (AvgIpc) is 2.78. The number of carbonyl (C=O) groups is 2. The third-order valence-corrected chi connectivity index (χ3v) is 4.42. The monoisotopic (exact) mass is 351 g/mol. The van der Waals surface area contributed by atoms with Gasteiger partial charge < -0.3 is 14.9 Å². The largest absolute Gasteiger partial charge is 0.442 e. The Morgan fingerprint density at radius 3 is 3.08 bits per heavy atom. The molecule has 2 saturated heterocycles. The molecule has 2 amide bonds. The highest BCUT2D eigenvalue weighted by Gasteiger charge is 2.33. The Balaban J connectivity index is 1.69. The van der Waals surface area contributed by atoms with Gasteiger partial charge in [-0.05, 0) is 30.5 Å². The van der Waals surface area contributed by atoms with E-state index >= 15 is 0 Å². The minimum absolute atomic E-state index is 0.0367. The van der Waals surface area contributed by atoms with Crippen molar-refractivity contribution in [3.63, 3.8) is 0 Å². The highest BCUT2D eigenvalue weighted by atomic mass is 19.1. The molecule has 2 N–H and O–H groups in total. The molecule has 0 aromatic heterocycles. The molecule has 2 aliphatic rings. The number of halogens is 1. The number of carbonyl (C=O) groups excluding carboxylic acids is 2. The summed E-state index contributed by atoms with van der Waals surface area (Å²) in [5.74, 6) is -0.496. The average molecular weight is 351 g/mol. The molecule has 2 unspecified atom stereocenters. The summed E-state index contributed by atoms with van der Waals surface area (Å²) in [6.07, 6.45) is 0.727. The van der Waals surface area contributed by atoms with Crippen molar-refractivity contribution in [2.45, 2.75) is 31.8 Å². The number of anilines is 1. The van der Waals surface area contributed by atoms with E-state index in [1.807, 2.05) is 0 Å². The van der Waals surface area contributed by atoms with Gasteiger partial charge in [-0.15, -0.1) is 0 Å². The first kappa shape index (κ1) is 17.6. The van der Waals surface area contributed by atoms with Crippen LogP contribution in [0.3, 0.4) is 0 Å². The van der Waals surface area contributed by atoms with Crippen molar-refractivity contribution in [2.75, 3.05) is 31.1 Å². The highest BCUT2D eigenvalue weighted by molar-refractivity contribution is 5.89. The number of rotatable bonds is 4. The lowest BCUT2D eigenvalue weighted by atomic mass is 9.94. The van der Waals surface area contributed by atoms with E-state index in [1.54, 1.807) is 12.1 Å². The van der Waals surface area contributed by atoms with Crippen molar-refractivity contribution in [2.24, 2.45) is 0 Å². The molecular formula is C17H22FN3O4. The van der Waals surface area contributed by atoms with Crippen molar-refractivity contribution in [1.29, 1.82) is 0 Å². The molecule has 2 heterocycles. The van der Waals surface area contributed by atoms with Gasteiger partial charge in [0, 0.05) is 19.4 Å². The van der Waals surface area contributed by atoms with Gasteiger partial charge in [-0.25, -0.2) is 14.7 Å². The summed E-state index contributed by atoms with van der Waals surface area (Å²) in [6.45, 7) is 3.09. The van der Waals surface area contributed by atoms with Gasteiger partial charge in [-0.2, -0.15) is 0 Å². The number of nitrogens with zero attached hydrogens (tertiary/aromatic N) is 1. The van der Waals surface area contributed by atoms with Gasteiger partial charge in [0.25, 0.3) is 0 Å². The van der Waals surface area contributed by atoms with Crippen LogP contribution in [0.25, 0.3) is 0 Å². The summed E-state index contributed by atoms with van der Waals surface area (Å²) in [7, 11) is 0. The number of hydroxylamine groups is 1. The van der Waals surface area contributed by atoms with Gasteiger partial charge in [0.15, 0.2) is 0 Å². The fraction of sp³-hybridized carbons (Fsp3) is 0.529. The Hall–Kier alpha value is -2.19. The first-order valence-corrected chi connectivity index (χ1v) is 8.41. The van der Waals surface area contributed by atoms with E-state index in [1.165, 1.54) is 17.9 Å². The van der Waals surface area contributed by atoms with Crippen molar-refractivity contribution in [3.8, 4) is 0 Å². The smallest absolute Gasteiger partial charge is 0.414 e. The Kier molecular flexibility index (Phi) is 5.50. The maximum Gasteiger partial charge on any atom is 0.414 e. The second-order valence-corrected chi connectivity index (χ2v) is 6.30. The quantitative estimate of drug-likeness (QED) is 0.863. The third kappa shape index (κ3) is 4.26. The zero-order valence-corrected chi connectivity index (χ0v) is 14.1. The molecule has 1 aromatic carbocycles. The van der Waals surface area contributed by atoms with E-state index < -0.39 is 12.2 Å². The van der Waals surface area contributed by atoms with Crippen LogP contribution in [0, 0.1) is 5.82 Å². The molecule has 2 aliphatic heterocycles. The van der Waals surface area contributed by atoms with E-state index in [0.29, 0.717) is 24.4 Å². The molecule has 0 radical (unpaired) electrons. The van der Waals surface area contributed by atoms with Crippen LogP contribution in [-0.4, -0.2) is 44.3 Å². The lowest BCUT2D eigenvalue weighted by Crippen LogP contribution is -2.33. The Morgan fingerprint density at radius 2 is 2.32 bits per heavy atom. The van der Waals surface area contributed by atoms with E-state index in [9.17, 15) is 14.0 Å². The van der Waals surface area contributed by atoms with Crippen molar-refractivity contribution >= 4 is 17.7 Å². The summed E-state index contributed by atoms with van der Waals surface area (Å²) in [6, 6.07) is 4.81. The standard InChI is InChI=1S/C17H22FN3O4/c1-11(22)19-9-14-10-21(17(23)25-14)13-4-5-15(16(18)7-13)12-3-2-6-24-20-8-12/h4-5,7,12,14,20H,2-3,6,8-10H2,1H3,(H,19,22). The highest BCUT2D eigenvalue weighted by Crippen LogP contribution is 2.29. The summed E-state index contributed by atoms with van der Waals surface area (Å²) < 4.78 is 19.8. The van der Waals surface area contributed by atoms with Gasteiger partial charge in [0.1, 0.15) is 11.9 Å². The van der Waals surface area contributed by atoms with E-state index in [0.717, 1.165) is 12.8 Å². The first-order valence-electron chi connectivity index (χ1n) is 8.41. The summed E-state index contributed by atoms with van der Waals surface area (Å²) in [5, 5.41) is 2.61. The van der Waals surface area contributed by atoms with Crippen LogP contribution in [0.4, 0.5) is 14.9 Å². The van der Waals surface area contributed by atoms with Gasteiger partial charge in [-0.3, -0.25) is 9.69 Å². The topological polar surface area (TPSA) is 79.9 Å². The van der Waals surface area contributed by atoms with E-state index in [2.05, 4.69) is 10.8 Å². The third-order valence-electron chi connectivity index (χ3n) is 4.42. The molecular weight excluding hydrogens is 329 g/mol. The summed E-state index contributed by atoms with van der Waals surface area (Å²) in [4.78, 5) is 29.5. The normalized spacial score (nSPS) is 23.9. The zero-order chi connectivity index (χ0) is 17.8. The molecule has 7 nitrogen and oxygen atoms in total. The second kappa shape index (κ2) is 7.79. The molecule has 0 saturated carbocycles. The van der Waals surface area contributed by atoms with Crippen molar-refractivity contribution in [1.82, 2.24) is 10.8 Å². The zero-order valence-electron chi connectivity index (χ0n) is 14.1. The predicted molar refractivity (Wildman–Crippen MR) is 88.6 cm³/mol. The molecule has 136 valence electrons. The molecule has 0 aliphatic carbocycles. The molecule has 8 heteroatoms. The van der Waals surface area contributed by atoms with Crippen molar-refractivity contribution < 1.29 is 23.6 Å². The minimum atomic E-state index is -0.535. The van der Waals surface area contributed by atoms with Crippen LogP contribution in [0.1, 0.15) is 31.2 Å². The van der Waals surface area contributed by atoms with Crippen LogP contribution in [0.2, 0.25) is 0 Å². The molecule has 2 atom stereocenters. The number of nitrogens with one attached hydrogen (secondary N) is 2. The molecule has 0 bridgehead atoms. The molecule has 0 spiro atoms. The molecule has 3 rings (SSSR count). The van der Waals surface area contributed by atoms with Crippen LogP contribution >= 0.6 is 0 Å². The maximum atomic E-state index is 14.6. The van der Waals surface area contributed by atoms with Gasteiger partial charge in [0.05, 0.1) is 25.4 Å². The molecule has 25 heavy (non-hydrogen) atoms. The number of hydrogen-bond acceptors (Lipinski definition) is 5. The predicted octanol–water partition coefficient (Wildman–Crippen LogP) is 1.69. The van der Waals surface area contributed by atoms with E-state index in [4.69, 9.17) is 9.57 Å². The van der Waals surface area contributed by atoms with Crippen LogP contribution in [-0.2, 0) is 14.4 Å². The van der Waals surface area contributed by atoms with Crippen LogP contribution in [0.15, 0.2) is 18.2 Å². The lowest BCUT2D eigenvalue weighted by Gasteiger charge is -2.18. The Morgan fingerprint density at radius 1 is 1.48 bits per heavy atom. The van der Waals surface area contributed by atoms with E-state index in [-0.39, 0.29) is 30.7 Å². The fourth-order valence-electron chi connectivity index (χ4n) is 3.11. The number of benzene rings is 1. The van der Waals surface area contributed by atoms with Crippen LogP contribution in [0.5, 0.6) is 0 Å². The first-order chi connectivity index (χ1) is 12.0. The summed E-state index contributed by atoms with van der Waals surface area (Å²) in [5.41, 5.74) is 3.91. The minimum Gasteiger partial charge on any atom is -0.442 e. The van der Waals surface area contributed by atoms with Crippen molar-refractivity contribution in [3.05, 3.63) is 29.6 Å². The van der Waals surface area contributed by atoms with Crippen LogP contribution < -0.4 is 15.7 Å². The summed E-state index contributed by atoms with van der Waals surface area (Å²) >= 11 is 0. The van der Waals surface area contributed by atoms with Gasteiger partial charge in [-0.1, -0.05) is 6.07 Å². The maximum absolute atomic E-state index is 14.6. The van der Waals surface area contributed by atoms with Gasteiger partial charge >= 0.3 is 6.09 Å². The molecule has 1 aromatic rings.